The fourth-order valence-electron chi connectivity index (χ4n) is 3.31. The van der Waals surface area contributed by atoms with Crippen molar-refractivity contribution in [3.05, 3.63) is 30.3 Å². The Bertz CT molecular complexity index is 568. The fraction of sp³-hybridized carbons (Fsp3) is 0.579. The number of carbonyl (C=O) groups is 2. The van der Waals surface area contributed by atoms with Gasteiger partial charge in [0.05, 0.1) is 13.2 Å². The van der Waals surface area contributed by atoms with Gasteiger partial charge in [0.1, 0.15) is 5.75 Å². The van der Waals surface area contributed by atoms with Gasteiger partial charge in [-0.05, 0) is 30.4 Å². The summed E-state index contributed by atoms with van der Waals surface area (Å²) >= 11 is 0. The average molecular weight is 384 g/mol. The number of hydrogen-bond acceptors (Lipinski definition) is 4. The molecule has 1 saturated heterocycles. The summed E-state index contributed by atoms with van der Waals surface area (Å²) in [5.41, 5.74) is 5.29. The number of benzene rings is 1. The fourth-order valence-corrected chi connectivity index (χ4v) is 3.31. The van der Waals surface area contributed by atoms with E-state index in [0.717, 1.165) is 12.3 Å². The predicted octanol–water partition coefficient (Wildman–Crippen LogP) is 1.83. The van der Waals surface area contributed by atoms with Crippen LogP contribution in [0.4, 0.5) is 0 Å². The maximum Gasteiger partial charge on any atom is 0.231 e. The quantitative estimate of drug-likeness (QED) is 0.637. The summed E-state index contributed by atoms with van der Waals surface area (Å²) in [6, 6.07) is 9.66. The summed E-state index contributed by atoms with van der Waals surface area (Å²) < 4.78 is 5.61. The van der Waals surface area contributed by atoms with Crippen molar-refractivity contribution in [2.45, 2.75) is 32.7 Å². The molecule has 7 heteroatoms. The second-order valence-electron chi connectivity index (χ2n) is 7.01. The first-order valence-corrected chi connectivity index (χ1v) is 8.93. The summed E-state index contributed by atoms with van der Waals surface area (Å²) in [5, 5.41) is 3.12. The molecule has 0 radical (unpaired) electrons. The topological polar surface area (TPSA) is 84.7 Å². The van der Waals surface area contributed by atoms with E-state index >= 15 is 0 Å². The van der Waals surface area contributed by atoms with E-state index in [1.54, 1.807) is 0 Å². The zero-order valence-electron chi connectivity index (χ0n) is 15.5. The molecule has 1 aliphatic rings. The van der Waals surface area contributed by atoms with Gasteiger partial charge in [-0.25, -0.2) is 0 Å². The SMILES string of the molecule is CC(C)[C@H]1CN(CC(N)=O)C[C@@H]1NC(=O)CCCOc1ccccc1.Cl. The molecule has 1 aromatic rings. The van der Waals surface area contributed by atoms with Crippen LogP contribution in [0.15, 0.2) is 30.3 Å². The molecular formula is C19H30ClN3O3. The largest absolute Gasteiger partial charge is 0.494 e. The first-order chi connectivity index (χ1) is 12.0. The Morgan fingerprint density at radius 1 is 1.27 bits per heavy atom. The molecule has 0 bridgehead atoms. The van der Waals surface area contributed by atoms with Gasteiger partial charge in [-0.3, -0.25) is 14.5 Å². The van der Waals surface area contributed by atoms with Crippen molar-refractivity contribution in [2.75, 3.05) is 26.2 Å². The third kappa shape index (κ3) is 7.22. The molecule has 1 aliphatic heterocycles. The second-order valence-corrected chi connectivity index (χ2v) is 7.01. The van der Waals surface area contributed by atoms with Crippen LogP contribution in [-0.2, 0) is 9.59 Å². The lowest BCUT2D eigenvalue weighted by atomic mass is 9.91. The van der Waals surface area contributed by atoms with Gasteiger partial charge in [0, 0.05) is 25.6 Å². The number of carbonyl (C=O) groups excluding carboxylic acids is 2. The van der Waals surface area contributed by atoms with Crippen LogP contribution >= 0.6 is 12.4 Å². The number of para-hydroxylation sites is 1. The van der Waals surface area contributed by atoms with Crippen LogP contribution in [0.25, 0.3) is 0 Å². The molecule has 0 aromatic heterocycles. The Morgan fingerprint density at radius 3 is 2.58 bits per heavy atom. The van der Waals surface area contributed by atoms with Gasteiger partial charge in [-0.2, -0.15) is 0 Å². The Morgan fingerprint density at radius 2 is 1.96 bits per heavy atom. The molecular weight excluding hydrogens is 354 g/mol. The highest BCUT2D eigenvalue weighted by Gasteiger charge is 2.35. The highest BCUT2D eigenvalue weighted by molar-refractivity contribution is 5.85. The maximum atomic E-state index is 12.2. The summed E-state index contributed by atoms with van der Waals surface area (Å²) in [6.07, 6.45) is 1.11. The van der Waals surface area contributed by atoms with E-state index in [1.165, 1.54) is 0 Å². The number of nitrogens with two attached hydrogens (primary N) is 1. The number of halogens is 1. The molecule has 6 nitrogen and oxygen atoms in total. The number of primary amides is 1. The minimum atomic E-state index is -0.326. The van der Waals surface area contributed by atoms with E-state index in [-0.39, 0.29) is 36.8 Å². The number of ether oxygens (including phenoxy) is 1. The zero-order chi connectivity index (χ0) is 18.2. The smallest absolute Gasteiger partial charge is 0.231 e. The number of rotatable bonds is 9. The van der Waals surface area contributed by atoms with E-state index in [2.05, 4.69) is 19.2 Å². The Balaban J connectivity index is 0.00000338. The van der Waals surface area contributed by atoms with Crippen LogP contribution in [0, 0.1) is 11.8 Å². The summed E-state index contributed by atoms with van der Waals surface area (Å²) in [7, 11) is 0. The molecule has 2 amide bonds. The highest BCUT2D eigenvalue weighted by atomic mass is 35.5. The number of amides is 2. The normalized spacial score (nSPS) is 19.8. The van der Waals surface area contributed by atoms with Gasteiger partial charge in [-0.1, -0.05) is 32.0 Å². The van der Waals surface area contributed by atoms with Crippen LogP contribution in [0.1, 0.15) is 26.7 Å². The first kappa shape index (κ1) is 22.3. The van der Waals surface area contributed by atoms with Crippen molar-refractivity contribution in [3.63, 3.8) is 0 Å². The molecule has 2 rings (SSSR count). The van der Waals surface area contributed by atoms with E-state index in [0.29, 0.717) is 37.8 Å². The van der Waals surface area contributed by atoms with Gasteiger partial charge < -0.3 is 15.8 Å². The molecule has 1 aromatic carbocycles. The Kier molecular flexibility index (Phi) is 9.44. The van der Waals surface area contributed by atoms with E-state index < -0.39 is 0 Å². The van der Waals surface area contributed by atoms with Crippen LogP contribution in [0.5, 0.6) is 5.75 Å². The third-order valence-corrected chi connectivity index (χ3v) is 4.58. The molecule has 0 spiro atoms. The van der Waals surface area contributed by atoms with Crippen molar-refractivity contribution < 1.29 is 14.3 Å². The standard InChI is InChI=1S/C19H29N3O3.ClH/c1-14(2)16-11-22(13-18(20)23)12-17(16)21-19(24)9-6-10-25-15-7-4-3-5-8-15;/h3-5,7-8,14,16-17H,6,9-13H2,1-2H3,(H2,20,23)(H,21,24);1H/t16-,17+;/m1./s1. The van der Waals surface area contributed by atoms with E-state index in [4.69, 9.17) is 10.5 Å². The Labute approximate surface area is 161 Å². The van der Waals surface area contributed by atoms with Gasteiger partial charge in [0.2, 0.25) is 11.8 Å². The first-order valence-electron chi connectivity index (χ1n) is 8.93. The summed E-state index contributed by atoms with van der Waals surface area (Å²) in [4.78, 5) is 25.4. The summed E-state index contributed by atoms with van der Waals surface area (Å²) in [5.74, 6) is 1.30. The van der Waals surface area contributed by atoms with Crippen molar-refractivity contribution in [1.29, 1.82) is 0 Å². The molecule has 1 heterocycles. The number of nitrogens with one attached hydrogen (secondary N) is 1. The number of likely N-dealkylation sites (tertiary alicyclic amines) is 1. The third-order valence-electron chi connectivity index (χ3n) is 4.58. The number of hydrogen-bond donors (Lipinski definition) is 2. The summed E-state index contributed by atoms with van der Waals surface area (Å²) in [6.45, 7) is 6.53. The van der Waals surface area contributed by atoms with Crippen molar-refractivity contribution in [1.82, 2.24) is 10.2 Å². The lowest BCUT2D eigenvalue weighted by Gasteiger charge is -2.23. The minimum Gasteiger partial charge on any atom is -0.494 e. The van der Waals surface area contributed by atoms with Crippen molar-refractivity contribution in [2.24, 2.45) is 17.6 Å². The highest BCUT2D eigenvalue weighted by Crippen LogP contribution is 2.24. The van der Waals surface area contributed by atoms with E-state index in [1.807, 2.05) is 35.2 Å². The Hall–Kier alpha value is -1.79. The van der Waals surface area contributed by atoms with Gasteiger partial charge in [-0.15, -0.1) is 12.4 Å². The van der Waals surface area contributed by atoms with Crippen LogP contribution < -0.4 is 15.8 Å². The monoisotopic (exact) mass is 383 g/mol. The van der Waals surface area contributed by atoms with Crippen molar-refractivity contribution >= 4 is 24.2 Å². The van der Waals surface area contributed by atoms with Crippen molar-refractivity contribution in [3.8, 4) is 5.75 Å². The van der Waals surface area contributed by atoms with E-state index in [9.17, 15) is 9.59 Å². The van der Waals surface area contributed by atoms with Gasteiger partial charge >= 0.3 is 0 Å². The van der Waals surface area contributed by atoms with Crippen LogP contribution in [0.3, 0.4) is 0 Å². The molecule has 2 atom stereocenters. The number of nitrogens with zero attached hydrogens (tertiary/aromatic N) is 1. The molecule has 0 aliphatic carbocycles. The van der Waals surface area contributed by atoms with Crippen LogP contribution in [-0.4, -0.2) is 49.0 Å². The predicted molar refractivity (Wildman–Crippen MR) is 104 cm³/mol. The zero-order valence-corrected chi connectivity index (χ0v) is 16.3. The lowest BCUT2D eigenvalue weighted by molar-refractivity contribution is -0.122. The molecule has 26 heavy (non-hydrogen) atoms. The molecule has 3 N–H and O–H groups in total. The minimum absolute atomic E-state index is 0. The molecule has 0 unspecified atom stereocenters. The second kappa shape index (κ2) is 11.0. The molecule has 0 saturated carbocycles. The molecule has 146 valence electrons. The average Bonchev–Trinajstić information content (AvgIpc) is 2.94. The van der Waals surface area contributed by atoms with Gasteiger partial charge in [0.25, 0.3) is 0 Å². The lowest BCUT2D eigenvalue weighted by Crippen LogP contribution is -2.42. The van der Waals surface area contributed by atoms with Crippen LogP contribution in [0.2, 0.25) is 0 Å². The van der Waals surface area contributed by atoms with Gasteiger partial charge in [0.15, 0.2) is 0 Å². The maximum absolute atomic E-state index is 12.2. The molecule has 1 fully saturated rings.